The van der Waals surface area contributed by atoms with Crippen LogP contribution in [0, 0.1) is 11.6 Å². The van der Waals surface area contributed by atoms with Gasteiger partial charge in [-0.05, 0) is 25.0 Å². The van der Waals surface area contributed by atoms with Gasteiger partial charge in [0, 0.05) is 11.1 Å². The molecule has 116 valence electrons. The number of hydrogen-bond donors (Lipinski definition) is 4. The van der Waals surface area contributed by atoms with Crippen molar-refractivity contribution in [3.63, 3.8) is 0 Å². The van der Waals surface area contributed by atoms with Gasteiger partial charge in [0.2, 0.25) is 5.91 Å². The Morgan fingerprint density at radius 2 is 1.86 bits per heavy atom. The Morgan fingerprint density at radius 3 is 2.33 bits per heavy atom. The lowest BCUT2D eigenvalue weighted by molar-refractivity contribution is -0.118. The van der Waals surface area contributed by atoms with Crippen molar-refractivity contribution in [2.45, 2.75) is 18.9 Å². The molecule has 0 saturated heterocycles. The Balaban J connectivity index is 2.88. The number of hydrogen-bond acceptors (Lipinski definition) is 3. The molecule has 0 aliphatic carbocycles. The van der Waals surface area contributed by atoms with E-state index in [0.29, 0.717) is 0 Å². The highest BCUT2D eigenvalue weighted by molar-refractivity contribution is 9.10. The van der Waals surface area contributed by atoms with Gasteiger partial charge in [0.15, 0.2) is 11.6 Å². The maximum absolute atomic E-state index is 13.6. The van der Waals surface area contributed by atoms with Crippen molar-refractivity contribution in [2.75, 3.05) is 11.9 Å². The second kappa shape index (κ2) is 7.89. The minimum absolute atomic E-state index is 0.00556. The van der Waals surface area contributed by atoms with E-state index in [2.05, 4.69) is 15.9 Å². The van der Waals surface area contributed by atoms with Crippen LogP contribution < -0.4 is 10.6 Å². The summed E-state index contributed by atoms with van der Waals surface area (Å²) in [5, 5.41) is 21.3. The van der Waals surface area contributed by atoms with Crippen LogP contribution in [-0.4, -0.2) is 34.9 Å². The standard InChI is InChI=1S/C12H13BrF2N2O4/c13-6-4-7(14)10(8(15)5-6)17-11(19)9(2-1-3-18)16-12(20)21/h4-5,9,16,18H,1-3H2,(H,17,19)(H,20,21). The average molecular weight is 367 g/mol. The van der Waals surface area contributed by atoms with E-state index in [1.807, 2.05) is 10.6 Å². The van der Waals surface area contributed by atoms with Crippen LogP contribution in [0.4, 0.5) is 19.3 Å². The Morgan fingerprint density at radius 1 is 1.29 bits per heavy atom. The molecule has 1 rings (SSSR count). The van der Waals surface area contributed by atoms with Gasteiger partial charge >= 0.3 is 6.09 Å². The van der Waals surface area contributed by atoms with Crippen molar-refractivity contribution in [1.82, 2.24) is 5.32 Å². The van der Waals surface area contributed by atoms with Crippen molar-refractivity contribution < 1.29 is 28.6 Å². The third-order valence-electron chi connectivity index (χ3n) is 2.52. The number of benzene rings is 1. The molecule has 2 amide bonds. The lowest BCUT2D eigenvalue weighted by Gasteiger charge is -2.17. The molecule has 9 heteroatoms. The average Bonchev–Trinajstić information content (AvgIpc) is 2.38. The van der Waals surface area contributed by atoms with Crippen LogP contribution in [0.3, 0.4) is 0 Å². The maximum atomic E-state index is 13.6. The first-order chi connectivity index (χ1) is 9.85. The van der Waals surface area contributed by atoms with Crippen LogP contribution in [0.1, 0.15) is 12.8 Å². The van der Waals surface area contributed by atoms with Gasteiger partial charge in [-0.15, -0.1) is 0 Å². The van der Waals surface area contributed by atoms with E-state index >= 15 is 0 Å². The molecule has 0 bridgehead atoms. The van der Waals surface area contributed by atoms with Crippen molar-refractivity contribution >= 4 is 33.6 Å². The van der Waals surface area contributed by atoms with Gasteiger partial charge in [0.05, 0.1) is 0 Å². The minimum Gasteiger partial charge on any atom is -0.465 e. The molecule has 0 spiro atoms. The predicted molar refractivity (Wildman–Crippen MR) is 74.0 cm³/mol. The Bertz CT molecular complexity index is 519. The van der Waals surface area contributed by atoms with E-state index < -0.39 is 35.4 Å². The third kappa shape index (κ3) is 5.27. The lowest BCUT2D eigenvalue weighted by atomic mass is 10.1. The molecule has 1 aromatic rings. The first-order valence-electron chi connectivity index (χ1n) is 5.91. The number of halogens is 3. The predicted octanol–water partition coefficient (Wildman–Crippen LogP) is 2.07. The number of carbonyl (C=O) groups is 2. The van der Waals surface area contributed by atoms with Crippen molar-refractivity contribution in [3.05, 3.63) is 28.2 Å². The molecule has 1 aromatic carbocycles. The highest BCUT2D eigenvalue weighted by Gasteiger charge is 2.22. The fraction of sp³-hybridized carbons (Fsp3) is 0.333. The van der Waals surface area contributed by atoms with E-state index in [4.69, 9.17) is 10.2 Å². The van der Waals surface area contributed by atoms with Crippen LogP contribution in [0.25, 0.3) is 0 Å². The number of carbonyl (C=O) groups excluding carboxylic acids is 1. The van der Waals surface area contributed by atoms with Gasteiger partial charge in [0.1, 0.15) is 11.7 Å². The number of amides is 2. The quantitative estimate of drug-likeness (QED) is 0.619. The van der Waals surface area contributed by atoms with Gasteiger partial charge in [-0.2, -0.15) is 0 Å². The molecule has 21 heavy (non-hydrogen) atoms. The highest BCUT2D eigenvalue weighted by atomic mass is 79.9. The van der Waals surface area contributed by atoms with Gasteiger partial charge in [0.25, 0.3) is 0 Å². The smallest absolute Gasteiger partial charge is 0.405 e. The number of aliphatic hydroxyl groups excluding tert-OH is 1. The minimum atomic E-state index is -1.45. The maximum Gasteiger partial charge on any atom is 0.405 e. The summed E-state index contributed by atoms with van der Waals surface area (Å²) in [6.45, 7) is -0.244. The number of aliphatic hydroxyl groups is 1. The van der Waals surface area contributed by atoms with Gasteiger partial charge < -0.3 is 20.8 Å². The summed E-state index contributed by atoms with van der Waals surface area (Å²) in [5.41, 5.74) is -0.663. The van der Waals surface area contributed by atoms with Gasteiger partial charge in [-0.1, -0.05) is 15.9 Å². The molecule has 0 aliphatic rings. The van der Waals surface area contributed by atoms with Crippen LogP contribution in [-0.2, 0) is 4.79 Å². The zero-order valence-corrected chi connectivity index (χ0v) is 12.3. The molecule has 0 aliphatic heterocycles. The zero-order valence-electron chi connectivity index (χ0n) is 10.7. The van der Waals surface area contributed by atoms with Crippen LogP contribution in [0.5, 0.6) is 0 Å². The molecule has 1 unspecified atom stereocenters. The summed E-state index contributed by atoms with van der Waals surface area (Å²) in [4.78, 5) is 22.5. The molecule has 0 heterocycles. The van der Waals surface area contributed by atoms with Gasteiger partial charge in [-0.3, -0.25) is 4.79 Å². The summed E-state index contributed by atoms with van der Waals surface area (Å²) >= 11 is 2.90. The van der Waals surface area contributed by atoms with Crippen LogP contribution >= 0.6 is 15.9 Å². The first kappa shape index (κ1) is 17.3. The molecular formula is C12H13BrF2N2O4. The highest BCUT2D eigenvalue weighted by Crippen LogP contribution is 2.24. The summed E-state index contributed by atoms with van der Waals surface area (Å²) < 4.78 is 27.3. The van der Waals surface area contributed by atoms with E-state index in [1.165, 1.54) is 0 Å². The number of rotatable bonds is 6. The number of anilines is 1. The third-order valence-corrected chi connectivity index (χ3v) is 2.98. The second-order valence-electron chi connectivity index (χ2n) is 4.10. The molecule has 0 fully saturated rings. The Kier molecular flexibility index (Phi) is 6.50. The lowest BCUT2D eigenvalue weighted by Crippen LogP contribution is -2.43. The zero-order chi connectivity index (χ0) is 16.0. The molecule has 0 saturated carbocycles. The molecule has 1 atom stereocenters. The van der Waals surface area contributed by atoms with E-state index in [9.17, 15) is 18.4 Å². The Hall–Kier alpha value is -1.74. The Labute approximate surface area is 127 Å². The SMILES string of the molecule is O=C(O)NC(CCCO)C(=O)Nc1c(F)cc(Br)cc1F. The fourth-order valence-electron chi connectivity index (χ4n) is 1.59. The first-order valence-corrected chi connectivity index (χ1v) is 6.70. The molecular weight excluding hydrogens is 354 g/mol. The molecule has 0 radical (unpaired) electrons. The monoisotopic (exact) mass is 366 g/mol. The van der Waals surface area contributed by atoms with Crippen LogP contribution in [0.2, 0.25) is 0 Å². The molecule has 0 aromatic heterocycles. The van der Waals surface area contributed by atoms with Crippen LogP contribution in [0.15, 0.2) is 16.6 Å². The normalized spacial score (nSPS) is 11.8. The van der Waals surface area contributed by atoms with E-state index in [0.717, 1.165) is 12.1 Å². The van der Waals surface area contributed by atoms with Crippen molar-refractivity contribution in [3.8, 4) is 0 Å². The summed E-state index contributed by atoms with van der Waals surface area (Å²) in [7, 11) is 0. The topological polar surface area (TPSA) is 98.7 Å². The summed E-state index contributed by atoms with van der Waals surface area (Å²) in [6, 6.07) is 0.704. The van der Waals surface area contributed by atoms with Crippen molar-refractivity contribution in [2.24, 2.45) is 0 Å². The number of nitrogens with one attached hydrogen (secondary N) is 2. The molecule has 6 nitrogen and oxygen atoms in total. The van der Waals surface area contributed by atoms with Gasteiger partial charge in [-0.25, -0.2) is 13.6 Å². The number of carboxylic acid groups (broad SMARTS) is 1. The second-order valence-corrected chi connectivity index (χ2v) is 5.02. The summed E-state index contributed by atoms with van der Waals surface area (Å²) in [5.74, 6) is -2.90. The van der Waals surface area contributed by atoms with E-state index in [-0.39, 0.29) is 23.9 Å². The molecule has 4 N–H and O–H groups in total. The van der Waals surface area contributed by atoms with Crippen molar-refractivity contribution in [1.29, 1.82) is 0 Å². The van der Waals surface area contributed by atoms with E-state index in [1.54, 1.807) is 0 Å². The summed E-state index contributed by atoms with van der Waals surface area (Å²) in [6.07, 6.45) is -1.30. The largest absolute Gasteiger partial charge is 0.465 e. The fourth-order valence-corrected chi connectivity index (χ4v) is 1.99.